The van der Waals surface area contributed by atoms with Crippen LogP contribution in [0.4, 0.5) is 0 Å². The average Bonchev–Trinajstić information content (AvgIpc) is 2.83. The van der Waals surface area contributed by atoms with Gasteiger partial charge in [-0.25, -0.2) is 4.98 Å². The van der Waals surface area contributed by atoms with Crippen LogP contribution in [0.15, 0.2) is 10.7 Å². The second-order valence-electron chi connectivity index (χ2n) is 5.94. The molecule has 1 aromatic heterocycles. The van der Waals surface area contributed by atoms with Gasteiger partial charge in [0.2, 0.25) is 5.89 Å². The van der Waals surface area contributed by atoms with Gasteiger partial charge in [0, 0.05) is 13.1 Å². The zero-order valence-corrected chi connectivity index (χ0v) is 12.5. The highest BCUT2D eigenvalue weighted by Gasteiger charge is 2.22. The highest BCUT2D eigenvalue weighted by Crippen LogP contribution is 2.15. The van der Waals surface area contributed by atoms with Crippen molar-refractivity contribution >= 4 is 5.91 Å². The van der Waals surface area contributed by atoms with Gasteiger partial charge in [-0.05, 0) is 19.5 Å². The minimum atomic E-state index is -0.707. The monoisotopic (exact) mass is 284 g/mol. The maximum Gasteiger partial charge on any atom is 0.273 e. The van der Waals surface area contributed by atoms with Crippen LogP contribution in [-0.4, -0.2) is 54.7 Å². The Morgan fingerprint density at radius 3 is 2.80 bits per heavy atom. The normalized spacial score (nSPS) is 13.6. The molecule has 0 saturated heterocycles. The van der Waals surface area contributed by atoms with E-state index in [9.17, 15) is 4.79 Å². The highest BCUT2D eigenvalue weighted by molar-refractivity contribution is 5.91. The molecule has 0 fully saturated rings. The molecule has 7 heteroatoms. The van der Waals surface area contributed by atoms with Gasteiger partial charge in [-0.1, -0.05) is 13.8 Å². The molecule has 20 heavy (non-hydrogen) atoms. The Bertz CT molecular complexity index is 443. The molecular weight excluding hydrogens is 260 g/mol. The molecule has 0 saturated carbocycles. The fraction of sp³-hybridized carbons (Fsp3) is 0.692. The summed E-state index contributed by atoms with van der Waals surface area (Å²) in [5.74, 6) is -0.151. The predicted molar refractivity (Wildman–Crippen MR) is 75.2 cm³/mol. The Morgan fingerprint density at radius 1 is 1.60 bits per heavy atom. The van der Waals surface area contributed by atoms with Crippen LogP contribution < -0.4 is 11.1 Å². The van der Waals surface area contributed by atoms with Gasteiger partial charge >= 0.3 is 0 Å². The van der Waals surface area contributed by atoms with Gasteiger partial charge in [-0.2, -0.15) is 0 Å². The molecule has 0 aliphatic carbocycles. The van der Waals surface area contributed by atoms with Crippen LogP contribution in [0.1, 0.15) is 36.3 Å². The lowest BCUT2D eigenvalue weighted by atomic mass is 9.93. The van der Waals surface area contributed by atoms with Crippen molar-refractivity contribution in [3.05, 3.63) is 17.8 Å². The van der Waals surface area contributed by atoms with E-state index in [-0.39, 0.29) is 29.5 Å². The molecule has 1 unspecified atom stereocenters. The third-order valence-corrected chi connectivity index (χ3v) is 2.74. The number of carbonyl (C=O) groups excluding carboxylic acids is 1. The van der Waals surface area contributed by atoms with Crippen molar-refractivity contribution in [2.45, 2.75) is 19.9 Å². The Hall–Kier alpha value is -1.44. The topological polar surface area (TPSA) is 105 Å². The summed E-state index contributed by atoms with van der Waals surface area (Å²) in [6.07, 6.45) is 1.25. The van der Waals surface area contributed by atoms with E-state index in [2.05, 4.69) is 29.0 Å². The van der Waals surface area contributed by atoms with Gasteiger partial charge in [0.1, 0.15) is 12.3 Å². The number of amides is 1. The largest absolute Gasteiger partial charge is 0.446 e. The van der Waals surface area contributed by atoms with E-state index in [0.29, 0.717) is 6.54 Å². The Labute approximate surface area is 119 Å². The van der Waals surface area contributed by atoms with E-state index in [0.717, 1.165) is 6.54 Å². The Morgan fingerprint density at radius 2 is 2.25 bits per heavy atom. The first kappa shape index (κ1) is 16.6. The van der Waals surface area contributed by atoms with E-state index < -0.39 is 6.04 Å². The number of hydrogen-bond donors (Lipinski definition) is 3. The number of nitrogens with one attached hydrogen (secondary N) is 1. The minimum Gasteiger partial charge on any atom is -0.446 e. The molecular formula is C13H24N4O3. The van der Waals surface area contributed by atoms with Gasteiger partial charge < -0.3 is 25.5 Å². The molecule has 0 aliphatic heterocycles. The van der Waals surface area contributed by atoms with Gasteiger partial charge in [0.25, 0.3) is 5.91 Å². The number of nitrogens with two attached hydrogens (primary N) is 1. The first-order chi connectivity index (χ1) is 9.25. The molecule has 1 amide bonds. The summed E-state index contributed by atoms with van der Waals surface area (Å²) < 4.78 is 5.07. The van der Waals surface area contributed by atoms with Crippen LogP contribution >= 0.6 is 0 Å². The third kappa shape index (κ3) is 4.92. The van der Waals surface area contributed by atoms with Crippen molar-refractivity contribution in [2.24, 2.45) is 11.1 Å². The zero-order chi connectivity index (χ0) is 15.3. The molecule has 1 aromatic rings. The summed E-state index contributed by atoms with van der Waals surface area (Å²) in [6, 6.07) is -0.707. The molecule has 1 rings (SSSR count). The average molecular weight is 284 g/mol. The first-order valence-corrected chi connectivity index (χ1v) is 6.50. The number of oxazole rings is 1. The second kappa shape index (κ2) is 6.83. The van der Waals surface area contributed by atoms with Crippen molar-refractivity contribution in [1.82, 2.24) is 15.2 Å². The number of aromatic nitrogens is 1. The molecule has 0 radical (unpaired) electrons. The summed E-state index contributed by atoms with van der Waals surface area (Å²) in [7, 11) is 3.98. The fourth-order valence-corrected chi connectivity index (χ4v) is 1.96. The van der Waals surface area contributed by atoms with E-state index in [4.69, 9.17) is 15.3 Å². The van der Waals surface area contributed by atoms with E-state index >= 15 is 0 Å². The van der Waals surface area contributed by atoms with Gasteiger partial charge in [0.15, 0.2) is 5.69 Å². The Kier molecular flexibility index (Phi) is 5.67. The lowest BCUT2D eigenvalue weighted by Gasteiger charge is -2.28. The molecule has 4 N–H and O–H groups in total. The lowest BCUT2D eigenvalue weighted by molar-refractivity contribution is 0.0924. The summed E-state index contributed by atoms with van der Waals surface area (Å²) in [5, 5.41) is 11.7. The number of aliphatic hydroxyl groups excluding tert-OH is 1. The molecule has 0 bridgehead atoms. The molecule has 1 heterocycles. The van der Waals surface area contributed by atoms with E-state index in [1.54, 1.807) is 0 Å². The van der Waals surface area contributed by atoms with Crippen LogP contribution in [-0.2, 0) is 0 Å². The van der Waals surface area contributed by atoms with Crippen molar-refractivity contribution in [2.75, 3.05) is 33.8 Å². The van der Waals surface area contributed by atoms with E-state index in [1.807, 2.05) is 14.1 Å². The summed E-state index contributed by atoms with van der Waals surface area (Å²) in [4.78, 5) is 18.0. The summed E-state index contributed by atoms with van der Waals surface area (Å²) >= 11 is 0. The maximum atomic E-state index is 12.0. The molecule has 7 nitrogen and oxygen atoms in total. The molecule has 114 valence electrons. The van der Waals surface area contributed by atoms with Crippen molar-refractivity contribution < 1.29 is 14.3 Å². The van der Waals surface area contributed by atoms with Crippen LogP contribution in [0, 0.1) is 5.41 Å². The van der Waals surface area contributed by atoms with Gasteiger partial charge in [-0.15, -0.1) is 0 Å². The minimum absolute atomic E-state index is 0.0484. The molecule has 0 aromatic carbocycles. The third-order valence-electron chi connectivity index (χ3n) is 2.74. The Balaban J connectivity index is 2.57. The van der Waals surface area contributed by atoms with Crippen molar-refractivity contribution in [3.63, 3.8) is 0 Å². The number of hydrogen-bond acceptors (Lipinski definition) is 6. The smallest absolute Gasteiger partial charge is 0.273 e. The lowest BCUT2D eigenvalue weighted by Crippen LogP contribution is -2.40. The SMILES string of the molecule is CN(C)CC(C)(C)CNC(=O)c1coc(C(N)CO)n1. The van der Waals surface area contributed by atoms with Crippen LogP contribution in [0.25, 0.3) is 0 Å². The van der Waals surface area contributed by atoms with Crippen molar-refractivity contribution in [1.29, 1.82) is 0 Å². The number of aliphatic hydroxyl groups is 1. The van der Waals surface area contributed by atoms with Crippen LogP contribution in [0.5, 0.6) is 0 Å². The highest BCUT2D eigenvalue weighted by atomic mass is 16.3. The van der Waals surface area contributed by atoms with Crippen molar-refractivity contribution in [3.8, 4) is 0 Å². The van der Waals surface area contributed by atoms with Crippen LogP contribution in [0.3, 0.4) is 0 Å². The maximum absolute atomic E-state index is 12.0. The fourth-order valence-electron chi connectivity index (χ4n) is 1.96. The molecule has 1 atom stereocenters. The standard InChI is InChI=1S/C13H24N4O3/c1-13(2,8-17(3)4)7-15-11(19)10-6-20-12(16-10)9(14)5-18/h6,9,18H,5,7-8,14H2,1-4H3,(H,15,19). The zero-order valence-electron chi connectivity index (χ0n) is 12.5. The molecule has 0 aliphatic rings. The second-order valence-corrected chi connectivity index (χ2v) is 5.94. The first-order valence-electron chi connectivity index (χ1n) is 6.50. The quantitative estimate of drug-likeness (QED) is 0.650. The summed E-state index contributed by atoms with van der Waals surface area (Å²) in [6.45, 7) is 5.24. The number of carbonyl (C=O) groups is 1. The number of rotatable bonds is 7. The van der Waals surface area contributed by atoms with Gasteiger partial charge in [-0.3, -0.25) is 4.79 Å². The summed E-state index contributed by atoms with van der Waals surface area (Å²) in [5.41, 5.74) is 5.68. The van der Waals surface area contributed by atoms with Crippen LogP contribution in [0.2, 0.25) is 0 Å². The number of nitrogens with zero attached hydrogens (tertiary/aromatic N) is 2. The predicted octanol–water partition coefficient (Wildman–Crippen LogP) is -0.0157. The van der Waals surface area contributed by atoms with Gasteiger partial charge in [0.05, 0.1) is 6.61 Å². The van der Waals surface area contributed by atoms with E-state index in [1.165, 1.54) is 6.26 Å². The molecule has 0 spiro atoms.